The molecule has 0 amide bonds. The fraction of sp³-hybridized carbons (Fsp3) is 0.500. The Morgan fingerprint density at radius 2 is 1.94 bits per heavy atom. The van der Waals surface area contributed by atoms with Crippen LogP contribution in [0.15, 0.2) is 42.5 Å². The average molecular weight is 231 g/mol. The maximum absolute atomic E-state index is 4.11. The molecule has 1 nitrogen and oxygen atoms in total. The van der Waals surface area contributed by atoms with Gasteiger partial charge in [0.05, 0.1) is 0 Å². The third-order valence-electron chi connectivity index (χ3n) is 3.15. The smallest absolute Gasteiger partial charge is 0.0107 e. The quantitative estimate of drug-likeness (QED) is 0.668. The summed E-state index contributed by atoms with van der Waals surface area (Å²) in [6.45, 7) is 9.50. The van der Waals surface area contributed by atoms with Crippen molar-refractivity contribution in [1.29, 1.82) is 0 Å². The maximum atomic E-state index is 4.11. The van der Waals surface area contributed by atoms with E-state index < -0.39 is 0 Å². The summed E-state index contributed by atoms with van der Waals surface area (Å²) in [7, 11) is 0. The van der Waals surface area contributed by atoms with E-state index >= 15 is 0 Å². The standard InChI is InChI=1S/C16H25N/c1-4-14(3)13-16(17-5-2)12-11-15-9-7-6-8-10-15/h6-10,16-17H,3-5,11-13H2,1-2H3. The number of nitrogens with one attached hydrogen (secondary N) is 1. The minimum Gasteiger partial charge on any atom is -0.314 e. The molecule has 0 aliphatic carbocycles. The van der Waals surface area contributed by atoms with E-state index in [1.807, 2.05) is 0 Å². The number of benzene rings is 1. The van der Waals surface area contributed by atoms with E-state index in [0.29, 0.717) is 6.04 Å². The molecule has 0 fully saturated rings. The molecule has 1 aromatic carbocycles. The van der Waals surface area contributed by atoms with Crippen LogP contribution in [-0.4, -0.2) is 12.6 Å². The van der Waals surface area contributed by atoms with Crippen molar-refractivity contribution in [3.8, 4) is 0 Å². The van der Waals surface area contributed by atoms with Gasteiger partial charge in [-0.15, -0.1) is 0 Å². The van der Waals surface area contributed by atoms with E-state index in [1.165, 1.54) is 17.6 Å². The Balaban J connectivity index is 2.41. The first-order valence-electron chi connectivity index (χ1n) is 6.70. The molecule has 1 unspecified atom stereocenters. The Kier molecular flexibility index (Phi) is 6.64. The number of aryl methyl sites for hydroxylation is 1. The van der Waals surface area contributed by atoms with Crippen LogP contribution in [0.2, 0.25) is 0 Å². The van der Waals surface area contributed by atoms with Gasteiger partial charge in [-0.3, -0.25) is 0 Å². The zero-order chi connectivity index (χ0) is 12.5. The molecule has 0 saturated heterocycles. The molecular formula is C16H25N. The van der Waals surface area contributed by atoms with Crippen LogP contribution in [0.4, 0.5) is 0 Å². The molecule has 0 bridgehead atoms. The summed E-state index contributed by atoms with van der Waals surface area (Å²) in [4.78, 5) is 0. The van der Waals surface area contributed by atoms with Crippen LogP contribution in [0, 0.1) is 0 Å². The molecule has 94 valence electrons. The van der Waals surface area contributed by atoms with E-state index in [9.17, 15) is 0 Å². The maximum Gasteiger partial charge on any atom is 0.0107 e. The van der Waals surface area contributed by atoms with Gasteiger partial charge in [-0.1, -0.05) is 56.3 Å². The Bertz CT molecular complexity index is 316. The molecule has 0 aromatic heterocycles. The van der Waals surface area contributed by atoms with Crippen molar-refractivity contribution in [2.24, 2.45) is 0 Å². The third-order valence-corrected chi connectivity index (χ3v) is 3.15. The summed E-state index contributed by atoms with van der Waals surface area (Å²) in [5, 5.41) is 3.56. The molecule has 0 heterocycles. The highest BCUT2D eigenvalue weighted by Gasteiger charge is 2.08. The monoisotopic (exact) mass is 231 g/mol. The van der Waals surface area contributed by atoms with Crippen LogP contribution in [0.1, 0.15) is 38.7 Å². The summed E-state index contributed by atoms with van der Waals surface area (Å²) in [5.41, 5.74) is 2.78. The van der Waals surface area contributed by atoms with Crippen molar-refractivity contribution in [2.75, 3.05) is 6.54 Å². The van der Waals surface area contributed by atoms with Crippen LogP contribution < -0.4 is 5.32 Å². The Morgan fingerprint density at radius 1 is 1.24 bits per heavy atom. The number of rotatable bonds is 8. The van der Waals surface area contributed by atoms with Crippen LogP contribution >= 0.6 is 0 Å². The molecule has 0 radical (unpaired) electrons. The first-order valence-corrected chi connectivity index (χ1v) is 6.70. The lowest BCUT2D eigenvalue weighted by Gasteiger charge is -2.18. The van der Waals surface area contributed by atoms with Gasteiger partial charge in [0.25, 0.3) is 0 Å². The van der Waals surface area contributed by atoms with Crippen LogP contribution in [-0.2, 0) is 6.42 Å². The summed E-state index contributed by atoms with van der Waals surface area (Å²) in [5.74, 6) is 0. The van der Waals surface area contributed by atoms with Crippen molar-refractivity contribution in [3.05, 3.63) is 48.0 Å². The van der Waals surface area contributed by atoms with Gasteiger partial charge in [-0.25, -0.2) is 0 Å². The molecule has 0 saturated carbocycles. The van der Waals surface area contributed by atoms with E-state index in [-0.39, 0.29) is 0 Å². The van der Waals surface area contributed by atoms with Gasteiger partial charge in [0.1, 0.15) is 0 Å². The van der Waals surface area contributed by atoms with Gasteiger partial charge in [0.15, 0.2) is 0 Å². The second-order valence-corrected chi connectivity index (χ2v) is 4.59. The largest absolute Gasteiger partial charge is 0.314 e. The number of hydrogen-bond acceptors (Lipinski definition) is 1. The summed E-state index contributed by atoms with van der Waals surface area (Å²) >= 11 is 0. The fourth-order valence-electron chi connectivity index (χ4n) is 2.04. The summed E-state index contributed by atoms with van der Waals surface area (Å²) < 4.78 is 0. The van der Waals surface area contributed by atoms with Crippen molar-refractivity contribution in [3.63, 3.8) is 0 Å². The molecule has 1 aromatic rings. The van der Waals surface area contributed by atoms with Gasteiger partial charge >= 0.3 is 0 Å². The molecule has 0 spiro atoms. The first kappa shape index (κ1) is 14.0. The lowest BCUT2D eigenvalue weighted by molar-refractivity contribution is 0.486. The molecule has 0 aliphatic heterocycles. The van der Waals surface area contributed by atoms with E-state index in [1.54, 1.807) is 0 Å². The zero-order valence-corrected chi connectivity index (χ0v) is 11.2. The van der Waals surface area contributed by atoms with E-state index in [4.69, 9.17) is 0 Å². The number of hydrogen-bond donors (Lipinski definition) is 1. The van der Waals surface area contributed by atoms with Gasteiger partial charge in [0, 0.05) is 6.04 Å². The van der Waals surface area contributed by atoms with Crippen molar-refractivity contribution in [2.45, 2.75) is 45.6 Å². The second kappa shape index (κ2) is 8.08. The predicted molar refractivity (Wildman–Crippen MR) is 76.3 cm³/mol. The van der Waals surface area contributed by atoms with Crippen molar-refractivity contribution >= 4 is 0 Å². The Hall–Kier alpha value is -1.08. The highest BCUT2D eigenvalue weighted by molar-refractivity contribution is 5.15. The van der Waals surface area contributed by atoms with Gasteiger partial charge in [0.2, 0.25) is 0 Å². The lowest BCUT2D eigenvalue weighted by atomic mass is 9.98. The first-order chi connectivity index (χ1) is 8.26. The normalized spacial score (nSPS) is 12.4. The highest BCUT2D eigenvalue weighted by atomic mass is 14.9. The third kappa shape index (κ3) is 5.69. The molecule has 1 atom stereocenters. The van der Waals surface area contributed by atoms with Crippen LogP contribution in [0.3, 0.4) is 0 Å². The topological polar surface area (TPSA) is 12.0 Å². The minimum atomic E-state index is 0.577. The molecule has 1 N–H and O–H groups in total. The van der Waals surface area contributed by atoms with Crippen LogP contribution in [0.25, 0.3) is 0 Å². The van der Waals surface area contributed by atoms with E-state index in [0.717, 1.165) is 25.8 Å². The Morgan fingerprint density at radius 3 is 2.53 bits per heavy atom. The van der Waals surface area contributed by atoms with Crippen molar-refractivity contribution in [1.82, 2.24) is 5.32 Å². The summed E-state index contributed by atoms with van der Waals surface area (Å²) in [6, 6.07) is 11.3. The lowest BCUT2D eigenvalue weighted by Crippen LogP contribution is -2.29. The van der Waals surface area contributed by atoms with Gasteiger partial charge in [-0.2, -0.15) is 0 Å². The minimum absolute atomic E-state index is 0.577. The van der Waals surface area contributed by atoms with Crippen molar-refractivity contribution < 1.29 is 0 Å². The molecule has 1 heteroatoms. The summed E-state index contributed by atoms with van der Waals surface area (Å²) in [6.07, 6.45) is 4.54. The Labute approximate surface area is 106 Å². The second-order valence-electron chi connectivity index (χ2n) is 4.59. The molecular weight excluding hydrogens is 206 g/mol. The average Bonchev–Trinajstić information content (AvgIpc) is 2.37. The fourth-order valence-corrected chi connectivity index (χ4v) is 2.04. The zero-order valence-electron chi connectivity index (χ0n) is 11.2. The molecule has 0 aliphatic rings. The SMILES string of the molecule is C=C(CC)CC(CCc1ccccc1)NCC. The predicted octanol–water partition coefficient (Wildman–Crippen LogP) is 3.95. The van der Waals surface area contributed by atoms with Gasteiger partial charge in [-0.05, 0) is 37.8 Å². The molecule has 17 heavy (non-hydrogen) atoms. The highest BCUT2D eigenvalue weighted by Crippen LogP contribution is 2.12. The molecule has 1 rings (SSSR count). The van der Waals surface area contributed by atoms with Gasteiger partial charge < -0.3 is 5.32 Å². The van der Waals surface area contributed by atoms with E-state index in [2.05, 4.69) is 56.1 Å². The van der Waals surface area contributed by atoms with Crippen LogP contribution in [0.5, 0.6) is 0 Å².